The molecule has 1 fully saturated rings. The highest BCUT2D eigenvalue weighted by molar-refractivity contribution is 5.87. The van der Waals surface area contributed by atoms with E-state index in [4.69, 9.17) is 10.5 Å². The second kappa shape index (κ2) is 11.6. The summed E-state index contributed by atoms with van der Waals surface area (Å²) < 4.78 is 6.16. The van der Waals surface area contributed by atoms with Crippen molar-refractivity contribution >= 4 is 24.3 Å². The predicted molar refractivity (Wildman–Crippen MR) is 122 cm³/mol. The van der Waals surface area contributed by atoms with Crippen LogP contribution < -0.4 is 22.3 Å². The molecule has 0 bridgehead atoms. The van der Waals surface area contributed by atoms with E-state index in [0.29, 0.717) is 0 Å². The highest BCUT2D eigenvalue weighted by Crippen LogP contribution is 2.30. The largest absolute Gasteiger partial charge is 0.506 e. The number of aromatic nitrogens is 3. The third kappa shape index (κ3) is 5.89. The van der Waals surface area contributed by atoms with E-state index in [9.17, 15) is 44.7 Å². The number of carbonyl (C=O) groups excluding carboxylic acids is 1. The lowest BCUT2D eigenvalue weighted by Gasteiger charge is -2.28. The Kier molecular flexibility index (Phi) is 9.31. The molecule has 36 heavy (non-hydrogen) atoms. The number of pyridine rings is 1. The van der Waals surface area contributed by atoms with Gasteiger partial charge in [0.25, 0.3) is 5.56 Å². The molecule has 0 aliphatic carbocycles. The fourth-order valence-electron chi connectivity index (χ4n) is 3.63. The number of nitrogens with two attached hydrogens (primary N) is 1. The first-order valence-electron chi connectivity index (χ1n) is 10.4. The Bertz CT molecular complexity index is 1190. The minimum atomic E-state index is -1.90. The summed E-state index contributed by atoms with van der Waals surface area (Å²) in [6.45, 7) is 1.42. The molecule has 1 unspecified atom stereocenters. The molecule has 1 saturated heterocycles. The average molecular weight is 532 g/mol. The SMILES string of the molecule is C[C@@H]([C@H](N)C(=O)NC(C(=O)O)[C@H]1O[C@@H](n2ccc(=O)[nH]c2=O)[C@H](O)[C@@H]1O)[C@H](O)c1ccc(O)cn1.Cl. The van der Waals surface area contributed by atoms with Gasteiger partial charge in [0.05, 0.1) is 17.9 Å². The molecule has 16 heteroatoms. The summed E-state index contributed by atoms with van der Waals surface area (Å²) >= 11 is 0. The highest BCUT2D eigenvalue weighted by Gasteiger charge is 2.50. The van der Waals surface area contributed by atoms with Gasteiger partial charge in [-0.3, -0.25) is 24.1 Å². The van der Waals surface area contributed by atoms with E-state index < -0.39 is 71.8 Å². The number of aliphatic hydroxyl groups is 3. The van der Waals surface area contributed by atoms with Gasteiger partial charge in [-0.05, 0) is 12.1 Å². The number of carbonyl (C=O) groups is 2. The molecule has 1 amide bonds. The molecule has 0 aromatic carbocycles. The van der Waals surface area contributed by atoms with Gasteiger partial charge in [0, 0.05) is 18.2 Å². The Morgan fingerprint density at radius 2 is 1.89 bits per heavy atom. The molecule has 0 radical (unpaired) electrons. The van der Waals surface area contributed by atoms with Crippen LogP contribution in [0.25, 0.3) is 0 Å². The molecule has 9 N–H and O–H groups in total. The number of nitrogens with zero attached hydrogens (tertiary/aromatic N) is 2. The molecule has 2 aromatic rings. The van der Waals surface area contributed by atoms with Crippen LogP contribution in [0.1, 0.15) is 24.9 Å². The fourth-order valence-corrected chi connectivity index (χ4v) is 3.63. The van der Waals surface area contributed by atoms with Crippen LogP contribution in [-0.4, -0.2) is 82.3 Å². The summed E-state index contributed by atoms with van der Waals surface area (Å²) in [7, 11) is 0. The molecule has 1 aliphatic heterocycles. The monoisotopic (exact) mass is 531 g/mol. The lowest BCUT2D eigenvalue weighted by atomic mass is 9.92. The van der Waals surface area contributed by atoms with Crippen molar-refractivity contribution in [2.75, 3.05) is 0 Å². The molecular formula is C20H26ClN5O10. The highest BCUT2D eigenvalue weighted by atomic mass is 35.5. The maximum absolute atomic E-state index is 12.7. The average Bonchev–Trinajstić information content (AvgIpc) is 3.10. The zero-order chi connectivity index (χ0) is 26.0. The van der Waals surface area contributed by atoms with Gasteiger partial charge in [0.1, 0.15) is 30.2 Å². The minimum Gasteiger partial charge on any atom is -0.506 e. The van der Waals surface area contributed by atoms with Crippen molar-refractivity contribution in [2.45, 2.75) is 49.7 Å². The van der Waals surface area contributed by atoms with E-state index in [1.165, 1.54) is 19.1 Å². The van der Waals surface area contributed by atoms with Crippen LogP contribution in [0, 0.1) is 5.92 Å². The number of amides is 1. The first-order valence-corrected chi connectivity index (χ1v) is 10.4. The Labute approximate surface area is 208 Å². The predicted octanol–water partition coefficient (Wildman–Crippen LogP) is -3.06. The summed E-state index contributed by atoms with van der Waals surface area (Å²) in [4.78, 5) is 53.7. The Balaban J connectivity index is 0.00000456. The van der Waals surface area contributed by atoms with Crippen molar-refractivity contribution in [3.8, 4) is 5.75 Å². The van der Waals surface area contributed by atoms with Gasteiger partial charge in [0.2, 0.25) is 5.91 Å². The maximum atomic E-state index is 12.7. The summed E-state index contributed by atoms with van der Waals surface area (Å²) in [5.74, 6) is -3.75. The number of aliphatic hydroxyl groups excluding tert-OH is 3. The van der Waals surface area contributed by atoms with E-state index in [0.717, 1.165) is 23.0 Å². The summed E-state index contributed by atoms with van der Waals surface area (Å²) in [5.41, 5.74) is 4.33. The second-order valence-corrected chi connectivity index (χ2v) is 8.09. The van der Waals surface area contributed by atoms with Crippen LogP contribution in [0.4, 0.5) is 0 Å². The maximum Gasteiger partial charge on any atom is 0.330 e. The topological polar surface area (TPSA) is 250 Å². The lowest BCUT2D eigenvalue weighted by molar-refractivity contribution is -0.149. The molecule has 0 saturated carbocycles. The lowest BCUT2D eigenvalue weighted by Crippen LogP contribution is -2.57. The molecule has 3 heterocycles. The van der Waals surface area contributed by atoms with Crippen molar-refractivity contribution in [3.05, 3.63) is 57.1 Å². The number of aliphatic carboxylic acids is 1. The standard InChI is InChI=1S/C20H25N5O10.ClH/c1-7(13(28)9-3-2-8(26)6-22-9)11(21)17(31)24-12(19(32)33)16-14(29)15(30)18(35-16)25-5-4-10(27)23-20(25)34;/h2-7,11-16,18,26,28-30H,21H2,1H3,(H,24,31)(H,32,33)(H,23,27,34);1H/t7-,11-,12?,13-,14-,15+,16+,18+;/m0./s1. The molecule has 15 nitrogen and oxygen atoms in total. The number of carboxylic acids is 1. The number of aromatic amines is 1. The van der Waals surface area contributed by atoms with E-state index in [1.54, 1.807) is 0 Å². The van der Waals surface area contributed by atoms with Crippen LogP contribution in [0.15, 0.2) is 40.2 Å². The van der Waals surface area contributed by atoms with Crippen LogP contribution >= 0.6 is 12.4 Å². The van der Waals surface area contributed by atoms with Gasteiger partial charge in [-0.25, -0.2) is 9.59 Å². The number of rotatable bonds is 8. The Hall–Kier alpha value is -3.34. The van der Waals surface area contributed by atoms with Crippen molar-refractivity contribution in [3.63, 3.8) is 0 Å². The zero-order valence-corrected chi connectivity index (χ0v) is 19.5. The zero-order valence-electron chi connectivity index (χ0n) is 18.7. The first-order chi connectivity index (χ1) is 16.4. The molecule has 3 rings (SSSR count). The van der Waals surface area contributed by atoms with Crippen molar-refractivity contribution in [1.82, 2.24) is 19.9 Å². The number of ether oxygens (including phenoxy) is 1. The summed E-state index contributed by atoms with van der Waals surface area (Å²) in [6.07, 6.45) is -6.15. The molecule has 2 aromatic heterocycles. The fraction of sp³-hybridized carbons (Fsp3) is 0.450. The normalized spacial score (nSPS) is 24.7. The van der Waals surface area contributed by atoms with E-state index in [-0.39, 0.29) is 23.9 Å². The minimum absolute atomic E-state index is 0. The van der Waals surface area contributed by atoms with Gasteiger partial charge in [-0.1, -0.05) is 6.92 Å². The van der Waals surface area contributed by atoms with Crippen molar-refractivity contribution in [1.29, 1.82) is 0 Å². The molecule has 1 aliphatic rings. The quantitative estimate of drug-likeness (QED) is 0.169. The van der Waals surface area contributed by atoms with Crippen LogP contribution in [0.3, 0.4) is 0 Å². The molecule has 0 spiro atoms. The number of aromatic hydroxyl groups is 1. The van der Waals surface area contributed by atoms with Crippen molar-refractivity contribution in [2.24, 2.45) is 11.7 Å². The summed E-state index contributed by atoms with van der Waals surface area (Å²) in [6, 6.07) is 0.215. The Morgan fingerprint density at radius 3 is 2.44 bits per heavy atom. The molecule has 198 valence electrons. The first kappa shape index (κ1) is 28.9. The van der Waals surface area contributed by atoms with Gasteiger partial charge < -0.3 is 41.3 Å². The van der Waals surface area contributed by atoms with Gasteiger partial charge in [0.15, 0.2) is 12.3 Å². The number of hydrogen-bond acceptors (Lipinski definition) is 11. The van der Waals surface area contributed by atoms with E-state index in [1.807, 2.05) is 4.98 Å². The second-order valence-electron chi connectivity index (χ2n) is 8.09. The van der Waals surface area contributed by atoms with E-state index >= 15 is 0 Å². The van der Waals surface area contributed by atoms with Crippen LogP contribution in [-0.2, 0) is 14.3 Å². The number of nitrogens with one attached hydrogen (secondary N) is 2. The molecular weight excluding hydrogens is 506 g/mol. The Morgan fingerprint density at radius 1 is 1.22 bits per heavy atom. The molecule has 8 atom stereocenters. The third-order valence-corrected chi connectivity index (χ3v) is 5.73. The van der Waals surface area contributed by atoms with Crippen molar-refractivity contribution < 1.29 is 39.9 Å². The van der Waals surface area contributed by atoms with Gasteiger partial charge in [-0.15, -0.1) is 12.4 Å². The van der Waals surface area contributed by atoms with Gasteiger partial charge >= 0.3 is 11.7 Å². The summed E-state index contributed by atoms with van der Waals surface area (Å²) in [5, 5.41) is 52.3. The van der Waals surface area contributed by atoms with Crippen LogP contribution in [0.2, 0.25) is 0 Å². The third-order valence-electron chi connectivity index (χ3n) is 5.73. The smallest absolute Gasteiger partial charge is 0.330 e. The van der Waals surface area contributed by atoms with E-state index in [2.05, 4.69) is 10.3 Å². The number of halogens is 1. The number of hydrogen-bond donors (Lipinski definition) is 8. The number of H-pyrrole nitrogens is 1. The van der Waals surface area contributed by atoms with Crippen LogP contribution in [0.5, 0.6) is 5.75 Å². The number of carboxylic acid groups (broad SMARTS) is 1. The van der Waals surface area contributed by atoms with Gasteiger partial charge in [-0.2, -0.15) is 0 Å².